The maximum atomic E-state index is 14.4. The fourth-order valence-electron chi connectivity index (χ4n) is 9.04. The summed E-state index contributed by atoms with van der Waals surface area (Å²) in [5.41, 5.74) is 10.3. The van der Waals surface area contributed by atoms with E-state index < -0.39 is 35.5 Å². The van der Waals surface area contributed by atoms with Crippen molar-refractivity contribution in [2.24, 2.45) is 0 Å². The van der Waals surface area contributed by atoms with Gasteiger partial charge in [-0.2, -0.15) is 0 Å². The van der Waals surface area contributed by atoms with Gasteiger partial charge in [-0.05, 0) is 94.9 Å². The maximum Gasteiger partial charge on any atom is 0.407 e. The second kappa shape index (κ2) is 21.6. The molecule has 5 N–H and O–H groups in total. The predicted molar refractivity (Wildman–Crippen MR) is 261 cm³/mol. The van der Waals surface area contributed by atoms with Crippen LogP contribution in [0, 0.1) is 6.92 Å². The van der Waals surface area contributed by atoms with E-state index in [1.54, 1.807) is 24.3 Å². The molecule has 1 aliphatic rings. The number of alkyl carbamates (subject to hydrolysis) is 1. The molecule has 0 saturated heterocycles. The van der Waals surface area contributed by atoms with Crippen molar-refractivity contribution in [3.63, 3.8) is 0 Å². The van der Waals surface area contributed by atoms with E-state index in [2.05, 4.69) is 125 Å². The third-order valence-electron chi connectivity index (χ3n) is 12.5. The number of aliphatic hydroxyl groups excluding tert-OH is 1. The molecule has 0 radical (unpaired) electrons. The Morgan fingerprint density at radius 1 is 0.576 bits per heavy atom. The van der Waals surface area contributed by atoms with Crippen molar-refractivity contribution in [1.29, 1.82) is 0 Å². The molecule has 66 heavy (non-hydrogen) atoms. The zero-order valence-electron chi connectivity index (χ0n) is 37.2. The first-order valence-electron chi connectivity index (χ1n) is 22.7. The van der Waals surface area contributed by atoms with Gasteiger partial charge in [0.15, 0.2) is 0 Å². The number of aliphatic hydroxyl groups is 1. The van der Waals surface area contributed by atoms with Gasteiger partial charge in [0.05, 0.1) is 12.1 Å². The molecule has 1 aliphatic carbocycles. The van der Waals surface area contributed by atoms with Crippen LogP contribution < -0.4 is 21.3 Å². The second-order valence-electron chi connectivity index (χ2n) is 16.9. The van der Waals surface area contributed by atoms with E-state index in [4.69, 9.17) is 4.74 Å². The van der Waals surface area contributed by atoms with E-state index >= 15 is 0 Å². The lowest BCUT2D eigenvalue weighted by molar-refractivity contribution is -0.128. The Morgan fingerprint density at radius 2 is 1.12 bits per heavy atom. The van der Waals surface area contributed by atoms with Crippen LogP contribution in [-0.2, 0) is 32.9 Å². The van der Waals surface area contributed by atoms with E-state index in [-0.39, 0.29) is 25.6 Å². The molecular weight excluding hydrogens is 821 g/mol. The molecule has 0 fully saturated rings. The van der Waals surface area contributed by atoms with Gasteiger partial charge in [-0.3, -0.25) is 14.9 Å². The van der Waals surface area contributed by atoms with E-state index in [0.717, 1.165) is 44.5 Å². The van der Waals surface area contributed by atoms with Crippen LogP contribution in [-0.4, -0.2) is 48.2 Å². The topological polar surface area (TPSA) is 129 Å². The summed E-state index contributed by atoms with van der Waals surface area (Å²) in [6.07, 6.45) is 1.05. The molecule has 0 heterocycles. The van der Waals surface area contributed by atoms with Gasteiger partial charge in [0.1, 0.15) is 18.7 Å². The summed E-state index contributed by atoms with van der Waals surface area (Å²) < 4.78 is 5.90. The number of unbranched alkanes of at least 4 members (excludes halogenated alkanes) is 1. The molecule has 9 heteroatoms. The highest BCUT2D eigenvalue weighted by Crippen LogP contribution is 2.44. The van der Waals surface area contributed by atoms with E-state index in [1.165, 1.54) is 5.56 Å². The Morgan fingerprint density at radius 3 is 1.71 bits per heavy atom. The Hall–Kier alpha value is -7.33. The van der Waals surface area contributed by atoms with Gasteiger partial charge in [0, 0.05) is 18.0 Å². The summed E-state index contributed by atoms with van der Waals surface area (Å²) in [4.78, 5) is 42.3. The minimum absolute atomic E-state index is 0.0907. The number of rotatable bonds is 19. The van der Waals surface area contributed by atoms with Crippen molar-refractivity contribution in [1.82, 2.24) is 16.0 Å². The summed E-state index contributed by atoms with van der Waals surface area (Å²) in [5.74, 6) is -1.05. The molecule has 7 aromatic rings. The van der Waals surface area contributed by atoms with E-state index in [0.29, 0.717) is 37.1 Å². The summed E-state index contributed by atoms with van der Waals surface area (Å²) >= 11 is 0. The summed E-state index contributed by atoms with van der Waals surface area (Å²) in [7, 11) is 0. The zero-order chi connectivity index (χ0) is 45.7. The van der Waals surface area contributed by atoms with Gasteiger partial charge in [-0.1, -0.05) is 181 Å². The number of aryl methyl sites for hydroxylation is 1. The van der Waals surface area contributed by atoms with Crippen LogP contribution in [0.2, 0.25) is 0 Å². The molecule has 8 rings (SSSR count). The number of hydrogen-bond acceptors (Lipinski definition) is 6. The first-order chi connectivity index (χ1) is 32.3. The Balaban J connectivity index is 0.992. The van der Waals surface area contributed by atoms with Gasteiger partial charge in [0.25, 0.3) is 0 Å². The van der Waals surface area contributed by atoms with Crippen molar-refractivity contribution < 1.29 is 24.2 Å². The molecular formula is C57H56N4O5. The lowest BCUT2D eigenvalue weighted by Gasteiger charge is -2.37. The highest BCUT2D eigenvalue weighted by atomic mass is 16.5. The number of fused-ring (bicyclic) bond motifs is 3. The van der Waals surface area contributed by atoms with E-state index in [9.17, 15) is 19.5 Å². The third-order valence-corrected chi connectivity index (χ3v) is 12.5. The van der Waals surface area contributed by atoms with Crippen LogP contribution in [0.5, 0.6) is 0 Å². The smallest absolute Gasteiger partial charge is 0.407 e. The van der Waals surface area contributed by atoms with Crippen molar-refractivity contribution in [3.8, 4) is 11.1 Å². The SMILES string of the molecule is Cc1ccc(C(NCCCCC(NC(=O)C(Cc2ccccc2)NC(=O)OCC2c3ccccc3-c3ccccc32)C(=O)Nc2ccc(CO)cc2)(c2ccccc2)c2ccccc2)cc1. The fraction of sp³-hybridized carbons (Fsp3) is 0.211. The Labute approximate surface area is 387 Å². The fourth-order valence-corrected chi connectivity index (χ4v) is 9.04. The number of amides is 3. The number of ether oxygens (including phenoxy) is 1. The first kappa shape index (κ1) is 45.2. The number of hydrogen-bond donors (Lipinski definition) is 5. The quantitative estimate of drug-likeness (QED) is 0.0407. The minimum Gasteiger partial charge on any atom is -0.449 e. The molecule has 0 aliphatic heterocycles. The number of carbonyl (C=O) groups excluding carboxylic acids is 3. The van der Waals surface area contributed by atoms with Gasteiger partial charge in [-0.15, -0.1) is 0 Å². The number of nitrogens with one attached hydrogen (secondary N) is 4. The van der Waals surface area contributed by atoms with Crippen LogP contribution in [0.4, 0.5) is 10.5 Å². The molecule has 2 atom stereocenters. The lowest BCUT2D eigenvalue weighted by atomic mass is 9.76. The number of carbonyl (C=O) groups is 3. The summed E-state index contributed by atoms with van der Waals surface area (Å²) in [5, 5.41) is 22.4. The molecule has 334 valence electrons. The average Bonchev–Trinajstić information content (AvgIpc) is 3.68. The van der Waals surface area contributed by atoms with Crippen LogP contribution in [0.1, 0.15) is 69.7 Å². The lowest BCUT2D eigenvalue weighted by Crippen LogP contribution is -2.53. The number of benzene rings is 7. The van der Waals surface area contributed by atoms with Crippen molar-refractivity contribution >= 4 is 23.6 Å². The molecule has 0 aromatic heterocycles. The summed E-state index contributed by atoms with van der Waals surface area (Å²) in [6.45, 7) is 2.65. The Bertz CT molecular complexity index is 2610. The molecule has 7 aromatic carbocycles. The minimum atomic E-state index is -1.05. The van der Waals surface area contributed by atoms with Crippen LogP contribution in [0.3, 0.4) is 0 Å². The molecule has 0 bridgehead atoms. The maximum absolute atomic E-state index is 14.4. The molecule has 0 saturated carbocycles. The van der Waals surface area contributed by atoms with Crippen LogP contribution in [0.15, 0.2) is 188 Å². The third kappa shape index (κ3) is 10.6. The van der Waals surface area contributed by atoms with Crippen molar-refractivity contribution in [2.75, 3.05) is 18.5 Å². The first-order valence-corrected chi connectivity index (χ1v) is 22.7. The van der Waals surface area contributed by atoms with Crippen molar-refractivity contribution in [2.45, 2.75) is 62.8 Å². The van der Waals surface area contributed by atoms with Gasteiger partial charge < -0.3 is 25.8 Å². The van der Waals surface area contributed by atoms with E-state index in [1.807, 2.05) is 66.7 Å². The average molecular weight is 877 g/mol. The Kier molecular flexibility index (Phi) is 14.8. The zero-order valence-corrected chi connectivity index (χ0v) is 37.2. The molecule has 0 spiro atoms. The predicted octanol–water partition coefficient (Wildman–Crippen LogP) is 9.81. The molecule has 9 nitrogen and oxygen atoms in total. The van der Waals surface area contributed by atoms with Gasteiger partial charge in [-0.25, -0.2) is 4.79 Å². The van der Waals surface area contributed by atoms with Gasteiger partial charge >= 0.3 is 6.09 Å². The van der Waals surface area contributed by atoms with Gasteiger partial charge in [0.2, 0.25) is 11.8 Å². The second-order valence-corrected chi connectivity index (χ2v) is 16.9. The number of anilines is 1. The largest absolute Gasteiger partial charge is 0.449 e. The van der Waals surface area contributed by atoms with Crippen LogP contribution in [0.25, 0.3) is 11.1 Å². The highest BCUT2D eigenvalue weighted by Gasteiger charge is 2.36. The molecule has 2 unspecified atom stereocenters. The standard InChI is InChI=1S/C57H56N4O5/c1-40-28-32-45(33-29-40)57(43-19-7-3-8-20-43,44-21-9-4-10-22-44)58-36-16-15-27-52(54(63)59-46-34-30-42(38-62)31-35-46)60-55(64)53(37-41-17-5-2-6-18-41)61-56(65)66-39-51-49-25-13-11-23-47(49)48-24-12-14-26-50(48)51/h2-14,17-26,28-35,51-53,58,62H,15-16,27,36-39H2,1H3,(H,59,63)(H,60,64)(H,61,65). The highest BCUT2D eigenvalue weighted by molar-refractivity contribution is 5.98. The summed E-state index contributed by atoms with van der Waals surface area (Å²) in [6, 6.07) is 60.1. The normalized spacial score (nSPS) is 12.9. The van der Waals surface area contributed by atoms with Crippen molar-refractivity contribution in [3.05, 3.63) is 233 Å². The van der Waals surface area contributed by atoms with Crippen LogP contribution >= 0.6 is 0 Å². The monoisotopic (exact) mass is 876 g/mol. The molecule has 3 amide bonds.